The Morgan fingerprint density at radius 3 is 2.48 bits per heavy atom. The van der Waals surface area contributed by atoms with Gasteiger partial charge < -0.3 is 10.4 Å². The van der Waals surface area contributed by atoms with Crippen molar-refractivity contribution in [2.45, 2.75) is 18.6 Å². The molecule has 0 bridgehead atoms. The van der Waals surface area contributed by atoms with E-state index in [1.807, 2.05) is 6.07 Å². The smallest absolute Gasteiger partial charge is 0.251 e. The van der Waals surface area contributed by atoms with Gasteiger partial charge in [0.1, 0.15) is 0 Å². The number of benzene rings is 2. The molecule has 0 saturated carbocycles. The molecule has 0 radical (unpaired) electrons. The van der Waals surface area contributed by atoms with Crippen molar-refractivity contribution >= 4 is 17.5 Å². The number of hydrogen-bond acceptors (Lipinski definition) is 3. The summed E-state index contributed by atoms with van der Waals surface area (Å²) in [7, 11) is 0. The van der Waals surface area contributed by atoms with Crippen LogP contribution in [0.25, 0.3) is 0 Å². The van der Waals surface area contributed by atoms with Gasteiger partial charge in [-0.2, -0.15) is 0 Å². The molecule has 2 aromatic carbocycles. The van der Waals surface area contributed by atoms with Gasteiger partial charge in [0.25, 0.3) is 5.91 Å². The standard InChI is InChI=1S/C18H19ClN2O2/c19-14-9-7-13(8-10-14)18(23)16-6-2-1-5-15(16)17(22)20-11-3-4-12-21-18/h1-2,5-10,21,23H,3-4,11-12H2,(H,20,22). The lowest BCUT2D eigenvalue weighted by molar-refractivity contribution is 0.0408. The molecule has 5 heteroatoms. The van der Waals surface area contributed by atoms with Crippen molar-refractivity contribution in [1.82, 2.24) is 10.6 Å². The number of halogens is 1. The fourth-order valence-corrected chi connectivity index (χ4v) is 2.98. The molecule has 1 amide bonds. The number of aliphatic hydroxyl groups is 1. The molecule has 0 aliphatic carbocycles. The molecule has 0 spiro atoms. The highest BCUT2D eigenvalue weighted by molar-refractivity contribution is 6.30. The third kappa shape index (κ3) is 3.24. The first-order valence-electron chi connectivity index (χ1n) is 7.72. The predicted molar refractivity (Wildman–Crippen MR) is 90.5 cm³/mol. The number of carbonyl (C=O) groups excluding carboxylic acids is 1. The molecule has 3 N–H and O–H groups in total. The number of carbonyl (C=O) groups is 1. The number of amides is 1. The van der Waals surface area contributed by atoms with Crippen LogP contribution in [0.4, 0.5) is 0 Å². The normalized spacial score (nSPS) is 22.1. The van der Waals surface area contributed by atoms with Gasteiger partial charge in [-0.25, -0.2) is 0 Å². The molecule has 1 unspecified atom stereocenters. The SMILES string of the molecule is O=C1NCCCCNC(O)(c2ccc(Cl)cc2)c2ccccc21. The van der Waals surface area contributed by atoms with E-state index in [2.05, 4.69) is 10.6 Å². The molecular weight excluding hydrogens is 312 g/mol. The van der Waals surface area contributed by atoms with Crippen LogP contribution >= 0.6 is 11.6 Å². The lowest BCUT2D eigenvalue weighted by Gasteiger charge is -2.33. The van der Waals surface area contributed by atoms with Gasteiger partial charge in [0.05, 0.1) is 0 Å². The van der Waals surface area contributed by atoms with Gasteiger partial charge in [-0.3, -0.25) is 10.1 Å². The van der Waals surface area contributed by atoms with Crippen molar-refractivity contribution < 1.29 is 9.90 Å². The molecule has 1 aliphatic heterocycles. The molecule has 1 atom stereocenters. The quantitative estimate of drug-likeness (QED) is 0.753. The van der Waals surface area contributed by atoms with Crippen LogP contribution in [0.5, 0.6) is 0 Å². The summed E-state index contributed by atoms with van der Waals surface area (Å²) >= 11 is 5.96. The molecule has 0 aromatic heterocycles. The number of hydrogen-bond donors (Lipinski definition) is 3. The Bertz CT molecular complexity index is 702. The van der Waals surface area contributed by atoms with Crippen LogP contribution in [-0.2, 0) is 5.72 Å². The van der Waals surface area contributed by atoms with Crippen molar-refractivity contribution in [3.05, 3.63) is 70.2 Å². The summed E-state index contributed by atoms with van der Waals surface area (Å²) < 4.78 is 0. The average Bonchev–Trinajstić information content (AvgIpc) is 2.57. The van der Waals surface area contributed by atoms with Crippen LogP contribution in [0.3, 0.4) is 0 Å². The lowest BCUT2D eigenvalue weighted by Crippen LogP contribution is -2.46. The Morgan fingerprint density at radius 1 is 1.00 bits per heavy atom. The summed E-state index contributed by atoms with van der Waals surface area (Å²) in [6.45, 7) is 1.28. The Balaban J connectivity index is 2.14. The van der Waals surface area contributed by atoms with Crippen LogP contribution in [0, 0.1) is 0 Å². The topological polar surface area (TPSA) is 61.4 Å². The Morgan fingerprint density at radius 2 is 1.70 bits per heavy atom. The second kappa shape index (κ2) is 6.71. The number of rotatable bonds is 1. The minimum absolute atomic E-state index is 0.170. The summed E-state index contributed by atoms with van der Waals surface area (Å²) in [6.07, 6.45) is 1.72. The maximum Gasteiger partial charge on any atom is 0.251 e. The number of nitrogens with one attached hydrogen (secondary N) is 2. The average molecular weight is 331 g/mol. The molecule has 0 fully saturated rings. The first kappa shape index (κ1) is 16.0. The highest BCUT2D eigenvalue weighted by Crippen LogP contribution is 2.31. The van der Waals surface area contributed by atoms with Gasteiger partial charge in [-0.05, 0) is 37.6 Å². The van der Waals surface area contributed by atoms with E-state index in [1.54, 1.807) is 42.5 Å². The molecular formula is C18H19ClN2O2. The molecule has 120 valence electrons. The summed E-state index contributed by atoms with van der Waals surface area (Å²) in [5.41, 5.74) is 0.236. The zero-order valence-electron chi connectivity index (χ0n) is 12.7. The van der Waals surface area contributed by atoms with E-state index >= 15 is 0 Å². The van der Waals surface area contributed by atoms with Gasteiger partial charge in [0.2, 0.25) is 0 Å². The van der Waals surface area contributed by atoms with E-state index in [-0.39, 0.29) is 5.91 Å². The summed E-state index contributed by atoms with van der Waals surface area (Å²) in [5.74, 6) is -0.170. The zero-order valence-corrected chi connectivity index (χ0v) is 13.4. The molecule has 2 aromatic rings. The van der Waals surface area contributed by atoms with E-state index < -0.39 is 5.72 Å². The largest absolute Gasteiger partial charge is 0.367 e. The van der Waals surface area contributed by atoms with Gasteiger partial charge >= 0.3 is 0 Å². The third-order valence-corrected chi connectivity index (χ3v) is 4.35. The van der Waals surface area contributed by atoms with Crippen molar-refractivity contribution in [1.29, 1.82) is 0 Å². The highest BCUT2D eigenvalue weighted by atomic mass is 35.5. The first-order chi connectivity index (χ1) is 11.1. The van der Waals surface area contributed by atoms with Crippen LogP contribution in [0.1, 0.15) is 34.3 Å². The minimum atomic E-state index is -1.43. The van der Waals surface area contributed by atoms with E-state index in [0.29, 0.717) is 34.8 Å². The maximum atomic E-state index is 12.4. The van der Waals surface area contributed by atoms with Crippen molar-refractivity contribution in [2.75, 3.05) is 13.1 Å². The van der Waals surface area contributed by atoms with Crippen LogP contribution < -0.4 is 10.6 Å². The highest BCUT2D eigenvalue weighted by Gasteiger charge is 2.34. The molecule has 23 heavy (non-hydrogen) atoms. The summed E-state index contributed by atoms with van der Waals surface area (Å²) in [4.78, 5) is 12.4. The van der Waals surface area contributed by atoms with Crippen molar-refractivity contribution in [2.24, 2.45) is 0 Å². The Hall–Kier alpha value is -1.88. The van der Waals surface area contributed by atoms with Gasteiger partial charge in [0, 0.05) is 28.3 Å². The van der Waals surface area contributed by atoms with Crippen molar-refractivity contribution in [3.8, 4) is 0 Å². The van der Waals surface area contributed by atoms with Crippen molar-refractivity contribution in [3.63, 3.8) is 0 Å². The molecule has 0 saturated heterocycles. The Kier molecular flexibility index (Phi) is 4.66. The minimum Gasteiger partial charge on any atom is -0.367 e. The maximum absolute atomic E-state index is 12.4. The van der Waals surface area contributed by atoms with E-state index in [9.17, 15) is 9.90 Å². The molecule has 4 nitrogen and oxygen atoms in total. The van der Waals surface area contributed by atoms with E-state index in [0.717, 1.165) is 12.8 Å². The second-order valence-corrected chi connectivity index (χ2v) is 6.09. The molecule has 3 rings (SSSR count). The monoisotopic (exact) mass is 330 g/mol. The third-order valence-electron chi connectivity index (χ3n) is 4.09. The zero-order chi connectivity index (χ0) is 16.3. The second-order valence-electron chi connectivity index (χ2n) is 5.65. The van der Waals surface area contributed by atoms with Gasteiger partial charge in [-0.1, -0.05) is 41.9 Å². The lowest BCUT2D eigenvalue weighted by atomic mass is 9.89. The van der Waals surface area contributed by atoms with E-state index in [4.69, 9.17) is 11.6 Å². The van der Waals surface area contributed by atoms with Crippen LogP contribution in [0.2, 0.25) is 5.02 Å². The molecule has 1 heterocycles. The number of fused-ring (bicyclic) bond motifs is 1. The fraction of sp³-hybridized carbons (Fsp3) is 0.278. The Labute approximate surface area is 140 Å². The molecule has 1 aliphatic rings. The first-order valence-corrected chi connectivity index (χ1v) is 8.10. The van der Waals surface area contributed by atoms with Crippen LogP contribution in [-0.4, -0.2) is 24.1 Å². The summed E-state index contributed by atoms with van der Waals surface area (Å²) in [6, 6.07) is 14.1. The van der Waals surface area contributed by atoms with Gasteiger partial charge in [0.15, 0.2) is 5.72 Å². The van der Waals surface area contributed by atoms with Crippen LogP contribution in [0.15, 0.2) is 48.5 Å². The predicted octanol–water partition coefficient (Wildman–Crippen LogP) is 2.65. The van der Waals surface area contributed by atoms with Gasteiger partial charge in [-0.15, -0.1) is 0 Å². The fourth-order valence-electron chi connectivity index (χ4n) is 2.86. The van der Waals surface area contributed by atoms with E-state index in [1.165, 1.54) is 0 Å². The summed E-state index contributed by atoms with van der Waals surface area (Å²) in [5, 5.41) is 18.1.